The van der Waals surface area contributed by atoms with E-state index in [1.165, 1.54) is 12.1 Å². The van der Waals surface area contributed by atoms with Gasteiger partial charge in [-0.05, 0) is 18.2 Å². The van der Waals surface area contributed by atoms with Gasteiger partial charge in [0.25, 0.3) is 0 Å². The van der Waals surface area contributed by atoms with E-state index in [1.807, 2.05) is 6.92 Å². The molecule has 1 aromatic carbocycles. The predicted octanol–water partition coefficient (Wildman–Crippen LogP) is 2.83. The Morgan fingerprint density at radius 3 is 2.87 bits per heavy atom. The fraction of sp³-hybridized carbons (Fsp3) is 0.200. The van der Waals surface area contributed by atoms with Crippen LogP contribution in [0.5, 0.6) is 0 Å². The second kappa shape index (κ2) is 3.98. The van der Waals surface area contributed by atoms with Gasteiger partial charge in [-0.1, -0.05) is 18.5 Å². The van der Waals surface area contributed by atoms with E-state index >= 15 is 0 Å². The molecule has 3 nitrogen and oxygen atoms in total. The van der Waals surface area contributed by atoms with Crippen molar-refractivity contribution in [2.24, 2.45) is 0 Å². The molecule has 1 N–H and O–H groups in total. The van der Waals surface area contributed by atoms with Gasteiger partial charge in [0.1, 0.15) is 11.6 Å². The van der Waals surface area contributed by atoms with E-state index in [4.69, 9.17) is 11.6 Å². The molecule has 0 amide bonds. The Kier molecular flexibility index (Phi) is 2.68. The zero-order valence-corrected chi connectivity index (χ0v) is 8.85. The molecule has 0 unspecified atom stereocenters. The smallest absolute Gasteiger partial charge is 0.181 e. The second-order valence-corrected chi connectivity index (χ2v) is 3.50. The van der Waals surface area contributed by atoms with Crippen LogP contribution in [0.25, 0.3) is 11.4 Å². The lowest BCUT2D eigenvalue weighted by atomic mass is 10.2. The Morgan fingerprint density at radius 1 is 1.47 bits per heavy atom. The molecular formula is C10H9ClFN3. The van der Waals surface area contributed by atoms with Crippen molar-refractivity contribution in [3.63, 3.8) is 0 Å². The van der Waals surface area contributed by atoms with Crippen molar-refractivity contribution in [1.29, 1.82) is 0 Å². The molecule has 0 spiro atoms. The zero-order valence-electron chi connectivity index (χ0n) is 8.09. The Balaban J connectivity index is 2.40. The fourth-order valence-electron chi connectivity index (χ4n) is 1.22. The van der Waals surface area contributed by atoms with E-state index in [-0.39, 0.29) is 5.02 Å². The summed E-state index contributed by atoms with van der Waals surface area (Å²) in [4.78, 5) is 4.19. The molecule has 0 fully saturated rings. The molecule has 0 aliphatic heterocycles. The van der Waals surface area contributed by atoms with Crippen LogP contribution in [0.3, 0.4) is 0 Å². The molecule has 1 aromatic heterocycles. The standard InChI is InChI=1S/C10H9ClFN3/c1-2-9-13-10(15-14-9)6-3-4-7(11)8(12)5-6/h3-5H,2H2,1H3,(H,13,14,15). The van der Waals surface area contributed by atoms with Crippen molar-refractivity contribution in [2.75, 3.05) is 0 Å². The molecule has 2 rings (SSSR count). The normalized spacial score (nSPS) is 10.6. The van der Waals surface area contributed by atoms with Gasteiger partial charge in [0.05, 0.1) is 5.02 Å². The monoisotopic (exact) mass is 225 g/mol. The van der Waals surface area contributed by atoms with Crippen molar-refractivity contribution in [3.8, 4) is 11.4 Å². The van der Waals surface area contributed by atoms with Crippen LogP contribution < -0.4 is 0 Å². The molecule has 0 bridgehead atoms. The van der Waals surface area contributed by atoms with Crippen molar-refractivity contribution < 1.29 is 4.39 Å². The van der Waals surface area contributed by atoms with Gasteiger partial charge in [-0.3, -0.25) is 5.10 Å². The minimum absolute atomic E-state index is 0.102. The average molecular weight is 226 g/mol. The SMILES string of the molecule is CCc1nc(-c2ccc(Cl)c(F)c2)n[nH]1. The van der Waals surface area contributed by atoms with Crippen LogP contribution in [0.2, 0.25) is 5.02 Å². The fourth-order valence-corrected chi connectivity index (χ4v) is 1.34. The first kappa shape index (κ1) is 10.1. The van der Waals surface area contributed by atoms with Gasteiger partial charge in [-0.15, -0.1) is 0 Å². The summed E-state index contributed by atoms with van der Waals surface area (Å²) in [7, 11) is 0. The highest BCUT2D eigenvalue weighted by atomic mass is 35.5. The van der Waals surface area contributed by atoms with E-state index in [0.29, 0.717) is 11.4 Å². The third kappa shape index (κ3) is 1.99. The van der Waals surface area contributed by atoms with Crippen LogP contribution in [0, 0.1) is 5.82 Å². The quantitative estimate of drug-likeness (QED) is 0.854. The molecule has 15 heavy (non-hydrogen) atoms. The summed E-state index contributed by atoms with van der Waals surface area (Å²) >= 11 is 5.58. The molecule has 1 heterocycles. The van der Waals surface area contributed by atoms with Crippen molar-refractivity contribution in [3.05, 3.63) is 34.9 Å². The first-order chi connectivity index (χ1) is 7.20. The molecule has 0 aliphatic rings. The van der Waals surface area contributed by atoms with Gasteiger partial charge in [0.2, 0.25) is 0 Å². The summed E-state index contributed by atoms with van der Waals surface area (Å²) in [5.41, 5.74) is 0.618. The van der Waals surface area contributed by atoms with Gasteiger partial charge in [-0.25, -0.2) is 9.37 Å². The van der Waals surface area contributed by atoms with Crippen LogP contribution >= 0.6 is 11.6 Å². The van der Waals surface area contributed by atoms with Crippen molar-refractivity contribution in [2.45, 2.75) is 13.3 Å². The third-order valence-corrected chi connectivity index (χ3v) is 2.35. The lowest BCUT2D eigenvalue weighted by Gasteiger charge is -1.96. The highest BCUT2D eigenvalue weighted by Crippen LogP contribution is 2.21. The van der Waals surface area contributed by atoms with E-state index < -0.39 is 5.82 Å². The molecule has 0 radical (unpaired) electrons. The maximum atomic E-state index is 13.2. The molecule has 0 saturated heterocycles. The average Bonchev–Trinajstić information content (AvgIpc) is 2.70. The summed E-state index contributed by atoms with van der Waals surface area (Å²) in [6.45, 7) is 1.97. The number of nitrogens with zero attached hydrogens (tertiary/aromatic N) is 2. The number of H-pyrrole nitrogens is 1. The number of hydrogen-bond donors (Lipinski definition) is 1. The Bertz CT molecular complexity index is 481. The first-order valence-corrected chi connectivity index (χ1v) is 4.95. The molecule has 78 valence electrons. The van der Waals surface area contributed by atoms with Gasteiger partial charge >= 0.3 is 0 Å². The molecule has 0 aliphatic carbocycles. The summed E-state index contributed by atoms with van der Waals surface area (Å²) in [5, 5.41) is 6.86. The number of halogens is 2. The summed E-state index contributed by atoms with van der Waals surface area (Å²) in [5.74, 6) is 0.805. The Morgan fingerprint density at radius 2 is 2.27 bits per heavy atom. The molecular weight excluding hydrogens is 217 g/mol. The maximum absolute atomic E-state index is 13.2. The summed E-state index contributed by atoms with van der Waals surface area (Å²) < 4.78 is 13.2. The highest BCUT2D eigenvalue weighted by Gasteiger charge is 2.07. The van der Waals surface area contributed by atoms with Gasteiger partial charge in [-0.2, -0.15) is 5.10 Å². The van der Waals surface area contributed by atoms with Crippen molar-refractivity contribution in [1.82, 2.24) is 15.2 Å². The van der Waals surface area contributed by atoms with Crippen LogP contribution in [0.15, 0.2) is 18.2 Å². The number of benzene rings is 1. The second-order valence-electron chi connectivity index (χ2n) is 3.09. The topological polar surface area (TPSA) is 41.6 Å². The van der Waals surface area contributed by atoms with Gasteiger partial charge in [0.15, 0.2) is 5.82 Å². The van der Waals surface area contributed by atoms with Crippen LogP contribution in [-0.4, -0.2) is 15.2 Å². The Labute approximate surface area is 91.3 Å². The van der Waals surface area contributed by atoms with Crippen LogP contribution in [0.4, 0.5) is 4.39 Å². The molecule has 2 aromatic rings. The van der Waals surface area contributed by atoms with Gasteiger partial charge < -0.3 is 0 Å². The summed E-state index contributed by atoms with van der Waals surface area (Å²) in [6, 6.07) is 4.51. The first-order valence-electron chi connectivity index (χ1n) is 4.57. The van der Waals surface area contributed by atoms with E-state index in [0.717, 1.165) is 12.2 Å². The number of rotatable bonds is 2. The number of aromatic amines is 1. The lowest BCUT2D eigenvalue weighted by Crippen LogP contribution is -1.84. The number of hydrogen-bond acceptors (Lipinski definition) is 2. The van der Waals surface area contributed by atoms with Crippen LogP contribution in [0.1, 0.15) is 12.7 Å². The van der Waals surface area contributed by atoms with E-state index in [2.05, 4.69) is 15.2 Å². The molecule has 0 saturated carbocycles. The molecule has 5 heteroatoms. The highest BCUT2D eigenvalue weighted by molar-refractivity contribution is 6.30. The lowest BCUT2D eigenvalue weighted by molar-refractivity contribution is 0.628. The van der Waals surface area contributed by atoms with E-state index in [1.54, 1.807) is 6.07 Å². The third-order valence-electron chi connectivity index (χ3n) is 2.04. The van der Waals surface area contributed by atoms with Crippen LogP contribution in [-0.2, 0) is 6.42 Å². The largest absolute Gasteiger partial charge is 0.263 e. The minimum atomic E-state index is -0.461. The number of nitrogens with one attached hydrogen (secondary N) is 1. The molecule has 0 atom stereocenters. The maximum Gasteiger partial charge on any atom is 0.181 e. The number of aromatic nitrogens is 3. The predicted molar refractivity (Wildman–Crippen MR) is 56.2 cm³/mol. The minimum Gasteiger partial charge on any atom is -0.263 e. The summed E-state index contributed by atoms with van der Waals surface area (Å²) in [6.07, 6.45) is 0.767. The van der Waals surface area contributed by atoms with E-state index in [9.17, 15) is 4.39 Å². The van der Waals surface area contributed by atoms with Crippen molar-refractivity contribution >= 4 is 11.6 Å². The zero-order chi connectivity index (χ0) is 10.8. The van der Waals surface area contributed by atoms with Gasteiger partial charge in [0, 0.05) is 12.0 Å². The number of aryl methyl sites for hydroxylation is 1. The Hall–Kier alpha value is -1.42.